The van der Waals surface area contributed by atoms with E-state index >= 15 is 0 Å². The molecule has 1 rings (SSSR count). The highest BCUT2D eigenvalue weighted by Gasteiger charge is 2.23. The Hall–Kier alpha value is -2.30. The van der Waals surface area contributed by atoms with Crippen molar-refractivity contribution in [2.75, 3.05) is 13.1 Å². The van der Waals surface area contributed by atoms with Gasteiger partial charge in [-0.1, -0.05) is 12.2 Å². The van der Waals surface area contributed by atoms with E-state index in [1.165, 1.54) is 11.2 Å². The first kappa shape index (κ1) is 14.8. The van der Waals surface area contributed by atoms with Gasteiger partial charge in [-0.25, -0.2) is 0 Å². The van der Waals surface area contributed by atoms with Gasteiger partial charge in [0.15, 0.2) is 0 Å². The Kier molecular flexibility index (Phi) is 5.11. The van der Waals surface area contributed by atoms with E-state index in [9.17, 15) is 9.59 Å². The molecule has 0 aromatic carbocycles. The quantitative estimate of drug-likeness (QED) is 0.764. The number of furan rings is 1. The molecular formula is C14H17NO4. The lowest BCUT2D eigenvalue weighted by molar-refractivity contribution is -0.136. The summed E-state index contributed by atoms with van der Waals surface area (Å²) in [5.74, 6) is -1.14. The van der Waals surface area contributed by atoms with E-state index in [4.69, 9.17) is 9.52 Å². The van der Waals surface area contributed by atoms with Gasteiger partial charge in [0.2, 0.25) is 0 Å². The van der Waals surface area contributed by atoms with Crippen LogP contribution in [0.3, 0.4) is 0 Å². The molecule has 1 aromatic heterocycles. The second-order valence-corrected chi connectivity index (χ2v) is 4.07. The Bertz CT molecular complexity index is 492. The summed E-state index contributed by atoms with van der Waals surface area (Å²) in [4.78, 5) is 24.7. The molecule has 0 aliphatic carbocycles. The molecule has 1 N–H and O–H groups in total. The number of carboxylic acids is 1. The summed E-state index contributed by atoms with van der Waals surface area (Å²) in [6.07, 6.45) is 4.29. The van der Waals surface area contributed by atoms with E-state index in [-0.39, 0.29) is 18.1 Å². The second kappa shape index (κ2) is 6.58. The van der Waals surface area contributed by atoms with E-state index in [0.29, 0.717) is 24.2 Å². The van der Waals surface area contributed by atoms with Crippen LogP contribution in [-0.2, 0) is 11.2 Å². The zero-order valence-corrected chi connectivity index (χ0v) is 10.9. The molecule has 0 spiro atoms. The zero-order valence-electron chi connectivity index (χ0n) is 10.9. The van der Waals surface area contributed by atoms with Crippen LogP contribution in [0.1, 0.15) is 21.7 Å². The molecule has 1 aromatic rings. The average Bonchev–Trinajstić information content (AvgIpc) is 2.68. The van der Waals surface area contributed by atoms with Crippen LogP contribution in [0.5, 0.6) is 0 Å². The third-order valence-corrected chi connectivity index (χ3v) is 2.56. The molecule has 0 aliphatic rings. The van der Waals surface area contributed by atoms with Crippen LogP contribution in [0.15, 0.2) is 36.0 Å². The molecule has 1 amide bonds. The number of amides is 1. The molecule has 19 heavy (non-hydrogen) atoms. The molecule has 0 bridgehead atoms. The Morgan fingerprint density at radius 1 is 1.37 bits per heavy atom. The zero-order chi connectivity index (χ0) is 14.4. The van der Waals surface area contributed by atoms with Gasteiger partial charge in [-0.2, -0.15) is 0 Å². The van der Waals surface area contributed by atoms with Gasteiger partial charge in [0.25, 0.3) is 5.91 Å². The topological polar surface area (TPSA) is 70.8 Å². The van der Waals surface area contributed by atoms with Gasteiger partial charge in [-0.15, -0.1) is 13.2 Å². The van der Waals surface area contributed by atoms with Gasteiger partial charge in [-0.05, 0) is 6.92 Å². The van der Waals surface area contributed by atoms with Crippen LogP contribution in [0.2, 0.25) is 0 Å². The summed E-state index contributed by atoms with van der Waals surface area (Å²) in [5.41, 5.74) is 0.936. The summed E-state index contributed by atoms with van der Waals surface area (Å²) in [5, 5.41) is 8.81. The Morgan fingerprint density at radius 3 is 2.42 bits per heavy atom. The van der Waals surface area contributed by atoms with Crippen LogP contribution < -0.4 is 0 Å². The van der Waals surface area contributed by atoms with Gasteiger partial charge in [0.05, 0.1) is 11.8 Å². The number of hydrogen-bond donors (Lipinski definition) is 1. The molecule has 1 heterocycles. The molecule has 0 radical (unpaired) electrons. The second-order valence-electron chi connectivity index (χ2n) is 4.07. The van der Waals surface area contributed by atoms with E-state index in [1.807, 2.05) is 0 Å². The number of hydrogen-bond acceptors (Lipinski definition) is 3. The SMILES string of the molecule is C=CCN(CC=C)C(=O)c1c(C)coc1CC(=O)O. The van der Waals surface area contributed by atoms with Crippen molar-refractivity contribution in [3.05, 3.63) is 48.5 Å². The van der Waals surface area contributed by atoms with E-state index in [0.717, 1.165) is 0 Å². The van der Waals surface area contributed by atoms with Crippen LogP contribution in [0.25, 0.3) is 0 Å². The Morgan fingerprint density at radius 2 is 1.95 bits per heavy atom. The molecular weight excluding hydrogens is 246 g/mol. The van der Waals surface area contributed by atoms with Crippen molar-refractivity contribution in [1.29, 1.82) is 0 Å². The fourth-order valence-electron chi connectivity index (χ4n) is 1.76. The lowest BCUT2D eigenvalue weighted by Gasteiger charge is -2.19. The van der Waals surface area contributed by atoms with Gasteiger partial charge in [-0.3, -0.25) is 9.59 Å². The number of carboxylic acid groups (broad SMARTS) is 1. The first-order valence-electron chi connectivity index (χ1n) is 5.81. The lowest BCUT2D eigenvalue weighted by atomic mass is 10.1. The van der Waals surface area contributed by atoms with Crippen molar-refractivity contribution in [2.45, 2.75) is 13.3 Å². The van der Waals surface area contributed by atoms with E-state index in [1.54, 1.807) is 19.1 Å². The van der Waals surface area contributed by atoms with Gasteiger partial charge < -0.3 is 14.4 Å². The standard InChI is InChI=1S/C14H17NO4/c1-4-6-15(7-5-2)14(18)13-10(3)9-19-11(13)8-12(16)17/h4-5,9H,1-2,6-8H2,3H3,(H,16,17). The summed E-state index contributed by atoms with van der Waals surface area (Å²) in [7, 11) is 0. The maximum atomic E-state index is 12.4. The maximum absolute atomic E-state index is 12.4. The summed E-state index contributed by atoms with van der Waals surface area (Å²) in [6.45, 7) is 9.62. The normalized spacial score (nSPS) is 9.95. The largest absolute Gasteiger partial charge is 0.481 e. The lowest BCUT2D eigenvalue weighted by Crippen LogP contribution is -2.32. The Labute approximate surface area is 111 Å². The smallest absolute Gasteiger partial charge is 0.311 e. The molecule has 0 unspecified atom stereocenters. The first-order valence-corrected chi connectivity index (χ1v) is 5.81. The van der Waals surface area contributed by atoms with E-state index in [2.05, 4.69) is 13.2 Å². The van der Waals surface area contributed by atoms with Gasteiger partial charge >= 0.3 is 5.97 Å². The van der Waals surface area contributed by atoms with Gasteiger partial charge in [0.1, 0.15) is 12.2 Å². The monoisotopic (exact) mass is 263 g/mol. The predicted octanol–water partition coefficient (Wildman–Crippen LogP) is 2.03. The molecule has 0 saturated heterocycles. The minimum atomic E-state index is -1.04. The molecule has 5 heteroatoms. The summed E-state index contributed by atoms with van der Waals surface area (Å²) >= 11 is 0. The Balaban J connectivity index is 3.08. The van der Waals surface area contributed by atoms with Crippen LogP contribution in [-0.4, -0.2) is 35.0 Å². The number of aryl methyl sites for hydroxylation is 1. The van der Waals surface area contributed by atoms with Crippen molar-refractivity contribution in [1.82, 2.24) is 4.90 Å². The molecule has 0 atom stereocenters. The number of carbonyl (C=O) groups is 2. The van der Waals surface area contributed by atoms with Crippen molar-refractivity contribution in [2.24, 2.45) is 0 Å². The van der Waals surface area contributed by atoms with Crippen LogP contribution in [0.4, 0.5) is 0 Å². The third kappa shape index (κ3) is 3.58. The average molecular weight is 263 g/mol. The van der Waals surface area contributed by atoms with Crippen molar-refractivity contribution >= 4 is 11.9 Å². The van der Waals surface area contributed by atoms with Gasteiger partial charge in [0, 0.05) is 18.7 Å². The van der Waals surface area contributed by atoms with Crippen molar-refractivity contribution < 1.29 is 19.1 Å². The highest BCUT2D eigenvalue weighted by atomic mass is 16.4. The minimum absolute atomic E-state index is 0.174. The third-order valence-electron chi connectivity index (χ3n) is 2.56. The summed E-state index contributed by atoms with van der Waals surface area (Å²) in [6, 6.07) is 0. The number of carbonyl (C=O) groups excluding carboxylic acids is 1. The maximum Gasteiger partial charge on any atom is 0.311 e. The number of rotatable bonds is 7. The highest BCUT2D eigenvalue weighted by molar-refractivity contribution is 5.97. The van der Waals surface area contributed by atoms with Crippen molar-refractivity contribution in [3.8, 4) is 0 Å². The molecule has 0 aliphatic heterocycles. The van der Waals surface area contributed by atoms with Crippen LogP contribution in [0, 0.1) is 6.92 Å². The molecule has 0 saturated carbocycles. The number of aliphatic carboxylic acids is 1. The highest BCUT2D eigenvalue weighted by Crippen LogP contribution is 2.19. The summed E-state index contributed by atoms with van der Waals surface area (Å²) < 4.78 is 5.15. The van der Waals surface area contributed by atoms with Crippen LogP contribution >= 0.6 is 0 Å². The fraction of sp³-hybridized carbons (Fsp3) is 0.286. The predicted molar refractivity (Wildman–Crippen MR) is 71.1 cm³/mol. The molecule has 0 fully saturated rings. The number of nitrogens with zero attached hydrogens (tertiary/aromatic N) is 1. The van der Waals surface area contributed by atoms with Crippen molar-refractivity contribution in [3.63, 3.8) is 0 Å². The first-order chi connectivity index (χ1) is 9.01. The fourth-order valence-corrected chi connectivity index (χ4v) is 1.76. The minimum Gasteiger partial charge on any atom is -0.481 e. The molecule has 5 nitrogen and oxygen atoms in total. The van der Waals surface area contributed by atoms with E-state index < -0.39 is 5.97 Å². The molecule has 102 valence electrons.